The fraction of sp³-hybridized carbons (Fsp3) is 0.263. The van der Waals surface area contributed by atoms with E-state index in [0.29, 0.717) is 12.1 Å². The zero-order valence-corrected chi connectivity index (χ0v) is 14.3. The molecule has 3 aromatic rings. The second-order valence-electron chi connectivity index (χ2n) is 6.25. The Morgan fingerprint density at radius 3 is 2.88 bits per heavy atom. The van der Waals surface area contributed by atoms with Gasteiger partial charge < -0.3 is 15.1 Å². The maximum Gasteiger partial charge on any atom is 0.273 e. The first-order chi connectivity index (χ1) is 12.2. The number of thiazole rings is 1. The van der Waals surface area contributed by atoms with E-state index >= 15 is 0 Å². The molecule has 1 amide bonds. The van der Waals surface area contributed by atoms with Gasteiger partial charge in [-0.2, -0.15) is 0 Å². The molecular weight excluding hydrogens is 336 g/mol. The highest BCUT2D eigenvalue weighted by Gasteiger charge is 2.35. The van der Waals surface area contributed by atoms with Crippen LogP contribution in [0, 0.1) is 0 Å². The van der Waals surface area contributed by atoms with Gasteiger partial charge in [-0.25, -0.2) is 4.98 Å². The van der Waals surface area contributed by atoms with Gasteiger partial charge in [-0.3, -0.25) is 4.79 Å². The fourth-order valence-corrected chi connectivity index (χ4v) is 4.20. The summed E-state index contributed by atoms with van der Waals surface area (Å²) in [5, 5.41) is 24.0. The van der Waals surface area contributed by atoms with Gasteiger partial charge in [0.1, 0.15) is 10.7 Å². The molecule has 2 atom stereocenters. The molecule has 5 nitrogen and oxygen atoms in total. The number of hydrogen-bond donors (Lipinski definition) is 2. The molecule has 1 aliphatic heterocycles. The molecule has 2 heterocycles. The highest BCUT2D eigenvalue weighted by molar-refractivity contribution is 7.13. The molecule has 0 bridgehead atoms. The van der Waals surface area contributed by atoms with Gasteiger partial charge in [-0.15, -0.1) is 11.3 Å². The molecule has 6 heteroatoms. The fourth-order valence-electron chi connectivity index (χ4n) is 3.37. The summed E-state index contributed by atoms with van der Waals surface area (Å²) in [6.45, 7) is 0.0916. The Bertz CT molecular complexity index is 918. The number of aromatic nitrogens is 1. The topological polar surface area (TPSA) is 73.7 Å². The third-order valence-corrected chi connectivity index (χ3v) is 5.48. The molecule has 25 heavy (non-hydrogen) atoms. The molecule has 0 unspecified atom stereocenters. The quantitative estimate of drug-likeness (QED) is 0.758. The first kappa shape index (κ1) is 16.2. The van der Waals surface area contributed by atoms with Crippen LogP contribution in [0.5, 0.6) is 0 Å². The predicted octanol–water partition coefficient (Wildman–Crippen LogP) is 2.53. The van der Waals surface area contributed by atoms with Crippen LogP contribution >= 0.6 is 11.3 Å². The highest BCUT2D eigenvalue weighted by Crippen LogP contribution is 2.31. The van der Waals surface area contributed by atoms with Gasteiger partial charge in [0.05, 0.1) is 18.8 Å². The first-order valence-corrected chi connectivity index (χ1v) is 9.09. The zero-order valence-electron chi connectivity index (χ0n) is 13.5. The van der Waals surface area contributed by atoms with Gasteiger partial charge in [-0.05, 0) is 17.2 Å². The number of hydrogen-bond acceptors (Lipinski definition) is 5. The van der Waals surface area contributed by atoms with Crippen LogP contribution in [0.2, 0.25) is 0 Å². The Labute approximate surface area is 149 Å². The van der Waals surface area contributed by atoms with Crippen molar-refractivity contribution in [3.63, 3.8) is 0 Å². The number of β-amino-alcohol motifs (C(OH)–C–C–N with tert-alkyl or cyclic N) is 1. The average Bonchev–Trinajstić information content (AvgIpc) is 3.27. The van der Waals surface area contributed by atoms with Crippen molar-refractivity contribution in [1.82, 2.24) is 9.88 Å². The Hall–Kier alpha value is -2.28. The van der Waals surface area contributed by atoms with E-state index in [2.05, 4.69) is 17.1 Å². The molecule has 0 saturated carbocycles. The molecule has 0 spiro atoms. The number of nitrogens with zero attached hydrogens (tertiary/aromatic N) is 2. The molecule has 1 saturated heterocycles. The molecular formula is C19H18N2O3S. The Balaban J connectivity index is 1.67. The first-order valence-electron chi connectivity index (χ1n) is 8.21. The summed E-state index contributed by atoms with van der Waals surface area (Å²) in [5.41, 5.74) is 1.36. The number of carbonyl (C=O) groups excluding carboxylic acids is 1. The van der Waals surface area contributed by atoms with Gasteiger partial charge in [0.2, 0.25) is 0 Å². The van der Waals surface area contributed by atoms with Crippen LogP contribution in [-0.2, 0) is 0 Å². The summed E-state index contributed by atoms with van der Waals surface area (Å²) in [6.07, 6.45) is -0.181. The SMILES string of the molecule is O=C(c1csc(-c2cccc3ccccc23)n1)N1C[C@@H](O)C[C@H]1CO. The van der Waals surface area contributed by atoms with Gasteiger partial charge in [0, 0.05) is 17.5 Å². The van der Waals surface area contributed by atoms with Crippen LogP contribution in [0.4, 0.5) is 0 Å². The summed E-state index contributed by atoms with van der Waals surface area (Å²) < 4.78 is 0. The van der Waals surface area contributed by atoms with Gasteiger partial charge in [0.25, 0.3) is 5.91 Å². The lowest BCUT2D eigenvalue weighted by molar-refractivity contribution is 0.0660. The van der Waals surface area contributed by atoms with E-state index in [1.54, 1.807) is 5.38 Å². The van der Waals surface area contributed by atoms with Crippen molar-refractivity contribution in [2.24, 2.45) is 0 Å². The predicted molar refractivity (Wildman–Crippen MR) is 97.6 cm³/mol. The minimum atomic E-state index is -0.586. The highest BCUT2D eigenvalue weighted by atomic mass is 32.1. The lowest BCUT2D eigenvalue weighted by Gasteiger charge is -2.21. The van der Waals surface area contributed by atoms with E-state index in [4.69, 9.17) is 0 Å². The largest absolute Gasteiger partial charge is 0.394 e. The Morgan fingerprint density at radius 2 is 2.04 bits per heavy atom. The number of amides is 1. The van der Waals surface area contributed by atoms with E-state index in [0.717, 1.165) is 21.3 Å². The van der Waals surface area contributed by atoms with E-state index < -0.39 is 6.10 Å². The summed E-state index contributed by atoms with van der Waals surface area (Å²) in [5.74, 6) is -0.238. The number of benzene rings is 2. The Kier molecular flexibility index (Phi) is 4.25. The second-order valence-corrected chi connectivity index (χ2v) is 7.11. The van der Waals surface area contributed by atoms with Crippen molar-refractivity contribution >= 4 is 28.0 Å². The van der Waals surface area contributed by atoms with Gasteiger partial charge >= 0.3 is 0 Å². The van der Waals surface area contributed by atoms with Crippen molar-refractivity contribution in [3.05, 3.63) is 53.5 Å². The lowest BCUT2D eigenvalue weighted by Crippen LogP contribution is -2.38. The standard InChI is InChI=1S/C19H18N2O3S/c22-10-13-8-14(23)9-21(13)19(24)17-11-25-18(20-17)16-7-3-5-12-4-1-2-6-15(12)16/h1-7,11,13-14,22-23H,8-10H2/t13-,14-/m0/s1. The number of fused-ring (bicyclic) bond motifs is 1. The minimum Gasteiger partial charge on any atom is -0.394 e. The second kappa shape index (κ2) is 6.55. The van der Waals surface area contributed by atoms with Crippen molar-refractivity contribution in [1.29, 1.82) is 0 Å². The summed E-state index contributed by atoms with van der Waals surface area (Å²) in [7, 11) is 0. The lowest BCUT2D eigenvalue weighted by atomic mass is 10.1. The number of aliphatic hydroxyl groups excluding tert-OH is 2. The maximum atomic E-state index is 12.7. The summed E-state index contributed by atoms with van der Waals surface area (Å²) in [4.78, 5) is 18.8. The number of carbonyl (C=O) groups is 1. The van der Waals surface area contributed by atoms with Crippen LogP contribution in [0.25, 0.3) is 21.3 Å². The van der Waals surface area contributed by atoms with Crippen LogP contribution in [0.3, 0.4) is 0 Å². The molecule has 1 fully saturated rings. The normalized spacial score (nSPS) is 20.3. The third kappa shape index (κ3) is 2.93. The molecule has 2 N–H and O–H groups in total. The number of likely N-dealkylation sites (tertiary alicyclic amines) is 1. The van der Waals surface area contributed by atoms with E-state index in [9.17, 15) is 15.0 Å². The number of aliphatic hydroxyl groups is 2. The number of rotatable bonds is 3. The van der Waals surface area contributed by atoms with E-state index in [1.807, 2.05) is 30.3 Å². The van der Waals surface area contributed by atoms with Crippen molar-refractivity contribution in [2.45, 2.75) is 18.6 Å². The van der Waals surface area contributed by atoms with Crippen molar-refractivity contribution in [3.8, 4) is 10.6 Å². The Morgan fingerprint density at radius 1 is 1.24 bits per heavy atom. The molecule has 4 rings (SSSR count). The van der Waals surface area contributed by atoms with Crippen LogP contribution in [0.15, 0.2) is 47.8 Å². The third-order valence-electron chi connectivity index (χ3n) is 4.61. The average molecular weight is 354 g/mol. The molecule has 2 aromatic carbocycles. The van der Waals surface area contributed by atoms with Crippen molar-refractivity contribution < 1.29 is 15.0 Å². The molecule has 0 radical (unpaired) electrons. The molecule has 128 valence electrons. The van der Waals surface area contributed by atoms with Crippen LogP contribution in [0.1, 0.15) is 16.9 Å². The monoisotopic (exact) mass is 354 g/mol. The zero-order chi connectivity index (χ0) is 17.4. The van der Waals surface area contributed by atoms with E-state index in [-0.39, 0.29) is 25.1 Å². The maximum absolute atomic E-state index is 12.7. The molecule has 1 aromatic heterocycles. The minimum absolute atomic E-state index is 0.150. The van der Waals surface area contributed by atoms with Crippen LogP contribution < -0.4 is 0 Å². The van der Waals surface area contributed by atoms with Gasteiger partial charge in [-0.1, -0.05) is 42.5 Å². The molecule has 0 aliphatic carbocycles. The smallest absolute Gasteiger partial charge is 0.273 e. The van der Waals surface area contributed by atoms with Crippen LogP contribution in [-0.4, -0.2) is 51.3 Å². The molecule has 1 aliphatic rings. The van der Waals surface area contributed by atoms with E-state index in [1.165, 1.54) is 16.2 Å². The van der Waals surface area contributed by atoms with Crippen molar-refractivity contribution in [2.75, 3.05) is 13.2 Å². The summed E-state index contributed by atoms with van der Waals surface area (Å²) >= 11 is 1.43. The van der Waals surface area contributed by atoms with Gasteiger partial charge in [0.15, 0.2) is 0 Å². The summed E-state index contributed by atoms with van der Waals surface area (Å²) in [6, 6.07) is 13.8.